The van der Waals surface area contributed by atoms with E-state index < -0.39 is 42.3 Å². The summed E-state index contributed by atoms with van der Waals surface area (Å²) < 4.78 is 5.40. The van der Waals surface area contributed by atoms with E-state index in [2.05, 4.69) is 9.97 Å². The minimum absolute atomic E-state index is 0.0772. The van der Waals surface area contributed by atoms with Crippen LogP contribution >= 0.6 is 0 Å². The van der Waals surface area contributed by atoms with Crippen molar-refractivity contribution in [3.8, 4) is 0 Å². The monoisotopic (exact) mass is 314 g/mol. The average molecular weight is 314 g/mol. The van der Waals surface area contributed by atoms with E-state index in [-0.39, 0.29) is 23.6 Å². The number of H-pyrrole nitrogens is 1. The summed E-state index contributed by atoms with van der Waals surface area (Å²) in [6, 6.07) is 0. The van der Waals surface area contributed by atoms with Gasteiger partial charge < -0.3 is 36.5 Å². The molecule has 1 aromatic rings. The number of imidazole rings is 1. The third kappa shape index (κ3) is 2.35. The smallest absolute Gasteiger partial charge is 0.269 e. The molecule has 1 aromatic heterocycles. The SMILES string of the molecule is CC[C@@]1(O)[C@H](O)[C@@H](CO)O[C@H]1c1nc(C(N)=O)c(C(N)=O)[nH]1. The van der Waals surface area contributed by atoms with Crippen LogP contribution in [-0.2, 0) is 4.74 Å². The van der Waals surface area contributed by atoms with Crippen molar-refractivity contribution in [3.05, 3.63) is 17.2 Å². The molecule has 1 fully saturated rings. The molecule has 2 amide bonds. The largest absolute Gasteiger partial charge is 0.394 e. The Balaban J connectivity index is 2.49. The number of primary amides is 2. The van der Waals surface area contributed by atoms with Crippen LogP contribution in [0.5, 0.6) is 0 Å². The molecular weight excluding hydrogens is 296 g/mol. The van der Waals surface area contributed by atoms with Crippen LogP contribution in [0.2, 0.25) is 0 Å². The number of aliphatic hydroxyl groups is 3. The highest BCUT2D eigenvalue weighted by Crippen LogP contribution is 2.42. The molecule has 10 nitrogen and oxygen atoms in total. The lowest BCUT2D eigenvalue weighted by molar-refractivity contribution is -0.0839. The van der Waals surface area contributed by atoms with Crippen molar-refractivity contribution in [1.82, 2.24) is 9.97 Å². The second kappa shape index (κ2) is 5.65. The first-order chi connectivity index (χ1) is 10.3. The number of rotatable bonds is 5. The lowest BCUT2D eigenvalue weighted by Gasteiger charge is -2.28. The number of aromatic amines is 1. The molecule has 0 aliphatic carbocycles. The Bertz CT molecular complexity index is 571. The molecule has 0 saturated carbocycles. The van der Waals surface area contributed by atoms with Crippen molar-refractivity contribution >= 4 is 11.8 Å². The summed E-state index contributed by atoms with van der Waals surface area (Å²) in [6.07, 6.45) is -3.51. The molecule has 0 spiro atoms. The third-order valence-corrected chi connectivity index (χ3v) is 3.83. The average Bonchev–Trinajstić information content (AvgIpc) is 3.01. The number of nitrogens with two attached hydrogens (primary N) is 2. The molecule has 0 unspecified atom stereocenters. The maximum Gasteiger partial charge on any atom is 0.269 e. The number of nitrogens with one attached hydrogen (secondary N) is 1. The van der Waals surface area contributed by atoms with E-state index in [1.807, 2.05) is 0 Å². The Morgan fingerprint density at radius 3 is 2.45 bits per heavy atom. The highest BCUT2D eigenvalue weighted by atomic mass is 16.6. The maximum atomic E-state index is 11.3. The maximum absolute atomic E-state index is 11.3. The van der Waals surface area contributed by atoms with Crippen molar-refractivity contribution in [3.63, 3.8) is 0 Å². The molecule has 1 aliphatic heterocycles. The number of carbonyl (C=O) groups is 2. The highest BCUT2D eigenvalue weighted by molar-refractivity contribution is 6.03. The van der Waals surface area contributed by atoms with Gasteiger partial charge in [0.25, 0.3) is 11.8 Å². The van der Waals surface area contributed by atoms with Gasteiger partial charge >= 0.3 is 0 Å². The Labute approximate surface area is 125 Å². The first-order valence-electron chi connectivity index (χ1n) is 6.62. The Morgan fingerprint density at radius 1 is 1.41 bits per heavy atom. The molecular formula is C12H18N4O6. The quantitative estimate of drug-likeness (QED) is 0.348. The number of carbonyl (C=O) groups excluding carboxylic acids is 2. The summed E-state index contributed by atoms with van der Waals surface area (Å²) in [7, 11) is 0. The van der Waals surface area contributed by atoms with Gasteiger partial charge in [0.2, 0.25) is 0 Å². The zero-order valence-electron chi connectivity index (χ0n) is 11.8. The topological polar surface area (TPSA) is 185 Å². The van der Waals surface area contributed by atoms with E-state index in [1.165, 1.54) is 0 Å². The Morgan fingerprint density at radius 2 is 2.05 bits per heavy atom. The standard InChI is InChI=1S/C12H18N4O6/c1-2-12(21)7(18)4(3-17)22-8(12)11-15-5(9(13)19)6(16-11)10(14)20/h4,7-8,17-18,21H,2-3H2,1H3,(H2,13,19)(H2,14,20)(H,15,16)/t4-,7-,8+,12-/m1/s1. The number of aliphatic hydroxyl groups excluding tert-OH is 2. The molecule has 10 heteroatoms. The Kier molecular flexibility index (Phi) is 4.20. The van der Waals surface area contributed by atoms with Gasteiger partial charge in [-0.15, -0.1) is 0 Å². The van der Waals surface area contributed by atoms with Crippen molar-refractivity contribution < 1.29 is 29.6 Å². The molecule has 0 aromatic carbocycles. The van der Waals surface area contributed by atoms with Gasteiger partial charge in [-0.05, 0) is 6.42 Å². The third-order valence-electron chi connectivity index (χ3n) is 3.83. The van der Waals surface area contributed by atoms with Crippen LogP contribution in [0.3, 0.4) is 0 Å². The van der Waals surface area contributed by atoms with Crippen LogP contribution in [0.1, 0.15) is 46.2 Å². The van der Waals surface area contributed by atoms with E-state index in [0.717, 1.165) is 0 Å². The molecule has 2 heterocycles. The van der Waals surface area contributed by atoms with Crippen LogP contribution in [0.4, 0.5) is 0 Å². The van der Waals surface area contributed by atoms with Crippen molar-refractivity contribution in [1.29, 1.82) is 0 Å². The zero-order valence-corrected chi connectivity index (χ0v) is 11.8. The van der Waals surface area contributed by atoms with E-state index in [0.29, 0.717) is 0 Å². The molecule has 2 rings (SSSR count). The van der Waals surface area contributed by atoms with Gasteiger partial charge in [0, 0.05) is 0 Å². The normalized spacial score (nSPS) is 31.4. The number of aromatic nitrogens is 2. The number of hydrogen-bond acceptors (Lipinski definition) is 7. The van der Waals surface area contributed by atoms with Crippen LogP contribution in [-0.4, -0.2) is 61.5 Å². The zero-order chi connectivity index (χ0) is 16.7. The van der Waals surface area contributed by atoms with Gasteiger partial charge in [-0.25, -0.2) is 4.98 Å². The molecule has 0 bridgehead atoms. The number of ether oxygens (including phenoxy) is 1. The molecule has 122 valence electrons. The second-order valence-electron chi connectivity index (χ2n) is 5.10. The summed E-state index contributed by atoms with van der Waals surface area (Å²) in [5, 5.41) is 29.8. The van der Waals surface area contributed by atoms with E-state index in [4.69, 9.17) is 16.2 Å². The fourth-order valence-electron chi connectivity index (χ4n) is 2.55. The molecule has 1 saturated heterocycles. The second-order valence-corrected chi connectivity index (χ2v) is 5.10. The molecule has 0 radical (unpaired) electrons. The first kappa shape index (κ1) is 16.4. The van der Waals surface area contributed by atoms with E-state index >= 15 is 0 Å². The summed E-state index contributed by atoms with van der Waals surface area (Å²) >= 11 is 0. The van der Waals surface area contributed by atoms with Crippen LogP contribution in [0, 0.1) is 0 Å². The summed E-state index contributed by atoms with van der Waals surface area (Å²) in [5.74, 6) is -2.01. The number of hydrogen-bond donors (Lipinski definition) is 6. The highest BCUT2D eigenvalue weighted by Gasteiger charge is 2.55. The predicted octanol–water partition coefficient (Wildman–Crippen LogP) is -2.46. The number of nitrogens with zero attached hydrogens (tertiary/aromatic N) is 1. The van der Waals surface area contributed by atoms with Crippen molar-refractivity contribution in [2.45, 2.75) is 37.3 Å². The van der Waals surface area contributed by atoms with Gasteiger partial charge in [-0.3, -0.25) is 9.59 Å². The summed E-state index contributed by atoms with van der Waals surface area (Å²) in [4.78, 5) is 29.0. The minimum Gasteiger partial charge on any atom is -0.394 e. The molecule has 4 atom stereocenters. The fraction of sp³-hybridized carbons (Fsp3) is 0.583. The van der Waals surface area contributed by atoms with Crippen molar-refractivity contribution in [2.24, 2.45) is 11.5 Å². The molecule has 22 heavy (non-hydrogen) atoms. The van der Waals surface area contributed by atoms with E-state index in [9.17, 15) is 24.9 Å². The van der Waals surface area contributed by atoms with Crippen LogP contribution < -0.4 is 11.5 Å². The fourth-order valence-corrected chi connectivity index (χ4v) is 2.55. The van der Waals surface area contributed by atoms with Gasteiger partial charge in [-0.1, -0.05) is 6.92 Å². The van der Waals surface area contributed by atoms with Gasteiger partial charge in [0.15, 0.2) is 5.69 Å². The van der Waals surface area contributed by atoms with Crippen LogP contribution in [0.25, 0.3) is 0 Å². The van der Waals surface area contributed by atoms with Crippen molar-refractivity contribution in [2.75, 3.05) is 6.61 Å². The van der Waals surface area contributed by atoms with Gasteiger partial charge in [-0.2, -0.15) is 0 Å². The van der Waals surface area contributed by atoms with E-state index in [1.54, 1.807) is 6.92 Å². The number of amides is 2. The first-order valence-corrected chi connectivity index (χ1v) is 6.62. The molecule has 8 N–H and O–H groups in total. The lowest BCUT2D eigenvalue weighted by Crippen LogP contribution is -2.45. The predicted molar refractivity (Wildman–Crippen MR) is 71.6 cm³/mol. The Hall–Kier alpha value is -2.01. The van der Waals surface area contributed by atoms with Gasteiger partial charge in [0.1, 0.15) is 35.4 Å². The minimum atomic E-state index is -1.75. The molecule has 1 aliphatic rings. The van der Waals surface area contributed by atoms with Gasteiger partial charge in [0.05, 0.1) is 6.61 Å². The lowest BCUT2D eigenvalue weighted by atomic mass is 9.87. The van der Waals surface area contributed by atoms with Crippen LogP contribution in [0.15, 0.2) is 0 Å². The summed E-state index contributed by atoms with van der Waals surface area (Å²) in [5.41, 5.74) is 7.81. The summed E-state index contributed by atoms with van der Waals surface area (Å²) in [6.45, 7) is 1.08.